The Balaban J connectivity index is 1.63. The van der Waals surface area contributed by atoms with E-state index < -0.39 is 0 Å². The van der Waals surface area contributed by atoms with Crippen molar-refractivity contribution >= 4 is 29.1 Å². The van der Waals surface area contributed by atoms with Crippen LogP contribution in [0.25, 0.3) is 0 Å². The minimum atomic E-state index is -0.230. The molecule has 2 aliphatic rings. The van der Waals surface area contributed by atoms with Gasteiger partial charge >= 0.3 is 0 Å². The van der Waals surface area contributed by atoms with Crippen LogP contribution in [0.4, 0.5) is 0 Å². The first-order valence-electron chi connectivity index (χ1n) is 7.85. The minimum absolute atomic E-state index is 0.230. The van der Waals surface area contributed by atoms with E-state index in [1.807, 2.05) is 4.90 Å². The standard InChI is InChI=1S/C16H21Cl2N3O2/c1-23-7-6-21-5-3-16(15(21)22)2-4-20(11-16)10-14-13(18)8-12(17)9-19-14/h8-9H,2-7,10-11H2,1H3. The maximum Gasteiger partial charge on any atom is 0.230 e. The molecule has 1 aromatic rings. The first-order chi connectivity index (χ1) is 11.0. The van der Waals surface area contributed by atoms with Crippen LogP contribution in [0.15, 0.2) is 12.3 Å². The van der Waals surface area contributed by atoms with Crippen LogP contribution in [0.1, 0.15) is 18.5 Å². The van der Waals surface area contributed by atoms with Crippen LogP contribution >= 0.6 is 23.2 Å². The van der Waals surface area contributed by atoms with E-state index in [4.69, 9.17) is 27.9 Å². The molecule has 2 aliphatic heterocycles. The normalized spacial score (nSPS) is 25.0. The smallest absolute Gasteiger partial charge is 0.230 e. The number of methoxy groups -OCH3 is 1. The van der Waals surface area contributed by atoms with E-state index in [2.05, 4.69) is 9.88 Å². The molecular formula is C16H21Cl2N3O2. The number of hydrogen-bond acceptors (Lipinski definition) is 4. The third-order valence-electron chi connectivity index (χ3n) is 4.86. The Kier molecular flexibility index (Phi) is 5.11. The van der Waals surface area contributed by atoms with E-state index in [1.165, 1.54) is 0 Å². The van der Waals surface area contributed by atoms with E-state index in [0.717, 1.165) is 38.2 Å². The fourth-order valence-electron chi connectivity index (χ4n) is 3.55. The Morgan fingerprint density at radius 1 is 1.35 bits per heavy atom. The topological polar surface area (TPSA) is 45.7 Å². The lowest BCUT2D eigenvalue weighted by atomic mass is 9.85. The molecule has 5 nitrogen and oxygen atoms in total. The lowest BCUT2D eigenvalue weighted by Gasteiger charge is -2.23. The molecule has 0 aliphatic carbocycles. The molecule has 1 amide bonds. The van der Waals surface area contributed by atoms with Gasteiger partial charge in [0.2, 0.25) is 5.91 Å². The number of ether oxygens (including phenoxy) is 1. The molecule has 2 saturated heterocycles. The Morgan fingerprint density at radius 3 is 2.87 bits per heavy atom. The van der Waals surface area contributed by atoms with Crippen molar-refractivity contribution in [3.63, 3.8) is 0 Å². The van der Waals surface area contributed by atoms with Crippen LogP contribution in [0.5, 0.6) is 0 Å². The highest BCUT2D eigenvalue weighted by atomic mass is 35.5. The zero-order chi connectivity index (χ0) is 16.4. The predicted molar refractivity (Wildman–Crippen MR) is 89.7 cm³/mol. The Labute approximate surface area is 146 Å². The Morgan fingerprint density at radius 2 is 2.13 bits per heavy atom. The number of carbonyl (C=O) groups is 1. The second-order valence-corrected chi connectivity index (χ2v) is 7.20. The summed E-state index contributed by atoms with van der Waals surface area (Å²) in [5, 5.41) is 1.12. The largest absolute Gasteiger partial charge is 0.383 e. The molecule has 1 spiro atoms. The molecule has 126 valence electrons. The van der Waals surface area contributed by atoms with E-state index in [-0.39, 0.29) is 11.3 Å². The number of amides is 1. The van der Waals surface area contributed by atoms with Crippen molar-refractivity contribution < 1.29 is 9.53 Å². The van der Waals surface area contributed by atoms with Gasteiger partial charge in [0.1, 0.15) is 0 Å². The van der Waals surface area contributed by atoms with E-state index in [9.17, 15) is 4.79 Å². The highest BCUT2D eigenvalue weighted by molar-refractivity contribution is 6.34. The van der Waals surface area contributed by atoms with Crippen molar-refractivity contribution in [3.05, 3.63) is 28.0 Å². The lowest BCUT2D eigenvalue weighted by Crippen LogP contribution is -2.38. The van der Waals surface area contributed by atoms with Gasteiger partial charge in [-0.2, -0.15) is 0 Å². The molecule has 7 heteroatoms. The number of hydrogen-bond donors (Lipinski definition) is 0. The number of aromatic nitrogens is 1. The number of carbonyl (C=O) groups excluding carboxylic acids is 1. The summed E-state index contributed by atoms with van der Waals surface area (Å²) in [7, 11) is 1.66. The van der Waals surface area contributed by atoms with Gasteiger partial charge in [-0.15, -0.1) is 0 Å². The molecular weight excluding hydrogens is 337 g/mol. The first-order valence-corrected chi connectivity index (χ1v) is 8.60. The van der Waals surface area contributed by atoms with Crippen LogP contribution in [0, 0.1) is 5.41 Å². The van der Waals surface area contributed by atoms with E-state index in [0.29, 0.717) is 29.7 Å². The number of rotatable bonds is 5. The molecule has 0 N–H and O–H groups in total. The summed E-state index contributed by atoms with van der Waals surface area (Å²) in [5.41, 5.74) is 0.585. The summed E-state index contributed by atoms with van der Waals surface area (Å²) >= 11 is 12.1. The molecule has 0 saturated carbocycles. The van der Waals surface area contributed by atoms with Gasteiger partial charge in [-0.05, 0) is 25.5 Å². The zero-order valence-electron chi connectivity index (χ0n) is 13.2. The van der Waals surface area contributed by atoms with Gasteiger partial charge in [-0.3, -0.25) is 14.7 Å². The number of halogens is 2. The number of nitrogens with zero attached hydrogens (tertiary/aromatic N) is 3. The zero-order valence-corrected chi connectivity index (χ0v) is 14.7. The van der Waals surface area contributed by atoms with Gasteiger partial charge in [0.15, 0.2) is 0 Å². The molecule has 1 unspecified atom stereocenters. The molecule has 1 aromatic heterocycles. The average Bonchev–Trinajstić information content (AvgIpc) is 3.07. The van der Waals surface area contributed by atoms with Crippen LogP contribution in [0.2, 0.25) is 10.0 Å². The van der Waals surface area contributed by atoms with E-state index in [1.54, 1.807) is 19.4 Å². The van der Waals surface area contributed by atoms with Crippen LogP contribution in [-0.2, 0) is 16.1 Å². The van der Waals surface area contributed by atoms with Crippen molar-refractivity contribution in [2.45, 2.75) is 19.4 Å². The SMILES string of the molecule is COCCN1CCC2(CCN(Cc3ncc(Cl)cc3Cl)C2)C1=O. The van der Waals surface area contributed by atoms with Crippen molar-refractivity contribution in [1.29, 1.82) is 0 Å². The fraction of sp³-hybridized carbons (Fsp3) is 0.625. The second kappa shape index (κ2) is 6.93. The van der Waals surface area contributed by atoms with Crippen LogP contribution in [-0.4, -0.2) is 60.6 Å². The second-order valence-electron chi connectivity index (χ2n) is 6.36. The summed E-state index contributed by atoms with van der Waals surface area (Å²) in [6.07, 6.45) is 3.44. The summed E-state index contributed by atoms with van der Waals surface area (Å²) in [5.74, 6) is 0.271. The summed E-state index contributed by atoms with van der Waals surface area (Å²) < 4.78 is 5.09. The Hall–Kier alpha value is -0.880. The first kappa shape index (κ1) is 17.0. The predicted octanol–water partition coefficient (Wildman–Crippen LogP) is 2.46. The third kappa shape index (κ3) is 3.48. The molecule has 0 aromatic carbocycles. The molecule has 0 bridgehead atoms. The third-order valence-corrected chi connectivity index (χ3v) is 5.39. The maximum atomic E-state index is 12.7. The fourth-order valence-corrected chi connectivity index (χ4v) is 3.99. The van der Waals surface area contributed by atoms with E-state index >= 15 is 0 Å². The van der Waals surface area contributed by atoms with Crippen molar-refractivity contribution in [2.24, 2.45) is 5.41 Å². The van der Waals surface area contributed by atoms with Gasteiger partial charge in [0.05, 0.1) is 27.8 Å². The summed E-state index contributed by atoms with van der Waals surface area (Å²) in [6, 6.07) is 1.71. The number of likely N-dealkylation sites (tertiary alicyclic amines) is 2. The van der Waals surface area contributed by atoms with Gasteiger partial charge in [-0.1, -0.05) is 23.2 Å². The van der Waals surface area contributed by atoms with Gasteiger partial charge in [0, 0.05) is 39.5 Å². The molecule has 23 heavy (non-hydrogen) atoms. The van der Waals surface area contributed by atoms with Crippen LogP contribution in [0.3, 0.4) is 0 Å². The molecule has 3 heterocycles. The molecule has 0 radical (unpaired) electrons. The van der Waals surface area contributed by atoms with Gasteiger partial charge in [-0.25, -0.2) is 0 Å². The summed E-state index contributed by atoms with van der Waals surface area (Å²) in [6.45, 7) is 4.43. The van der Waals surface area contributed by atoms with Gasteiger partial charge in [0.25, 0.3) is 0 Å². The van der Waals surface area contributed by atoms with Crippen molar-refractivity contribution in [1.82, 2.24) is 14.8 Å². The monoisotopic (exact) mass is 357 g/mol. The molecule has 1 atom stereocenters. The Bertz CT molecular complexity index is 599. The highest BCUT2D eigenvalue weighted by Crippen LogP contribution is 2.41. The lowest BCUT2D eigenvalue weighted by molar-refractivity contribution is -0.136. The highest BCUT2D eigenvalue weighted by Gasteiger charge is 2.50. The van der Waals surface area contributed by atoms with Gasteiger partial charge < -0.3 is 9.64 Å². The summed E-state index contributed by atoms with van der Waals surface area (Å²) in [4.78, 5) is 21.2. The van der Waals surface area contributed by atoms with Crippen LogP contribution < -0.4 is 0 Å². The van der Waals surface area contributed by atoms with Crippen molar-refractivity contribution in [2.75, 3.05) is 39.9 Å². The van der Waals surface area contributed by atoms with Crippen molar-refractivity contribution in [3.8, 4) is 0 Å². The molecule has 3 rings (SSSR count). The quantitative estimate of drug-likeness (QED) is 0.811. The number of pyridine rings is 1. The molecule has 2 fully saturated rings. The maximum absolute atomic E-state index is 12.7. The average molecular weight is 358 g/mol. The minimum Gasteiger partial charge on any atom is -0.383 e.